The van der Waals surface area contributed by atoms with Crippen molar-refractivity contribution < 1.29 is 4.79 Å². The lowest BCUT2D eigenvalue weighted by Gasteiger charge is -2.19. The Kier molecular flexibility index (Phi) is 4.74. The molecule has 2 N–H and O–H groups in total. The molecule has 1 aliphatic heterocycles. The van der Waals surface area contributed by atoms with Crippen molar-refractivity contribution in [1.82, 2.24) is 5.32 Å². The number of benzene rings is 2. The summed E-state index contributed by atoms with van der Waals surface area (Å²) in [5, 5.41) is 6.43. The first-order valence-corrected chi connectivity index (χ1v) is 7.99. The minimum Gasteiger partial charge on any atom is -0.373 e. The van der Waals surface area contributed by atoms with Crippen LogP contribution >= 0.6 is 0 Å². The van der Waals surface area contributed by atoms with Crippen molar-refractivity contribution in [1.29, 1.82) is 0 Å². The van der Waals surface area contributed by atoms with Gasteiger partial charge in [-0.25, -0.2) is 0 Å². The van der Waals surface area contributed by atoms with E-state index in [4.69, 9.17) is 0 Å². The van der Waals surface area contributed by atoms with Crippen molar-refractivity contribution >= 4 is 11.6 Å². The highest BCUT2D eigenvalue weighted by atomic mass is 16.2. The number of anilines is 1. The van der Waals surface area contributed by atoms with Gasteiger partial charge in [-0.2, -0.15) is 0 Å². The topological polar surface area (TPSA) is 41.1 Å². The van der Waals surface area contributed by atoms with Crippen molar-refractivity contribution in [3.05, 3.63) is 65.7 Å². The molecule has 0 aliphatic carbocycles. The van der Waals surface area contributed by atoms with Gasteiger partial charge in [0.05, 0.1) is 0 Å². The molecule has 1 atom stereocenters. The lowest BCUT2D eigenvalue weighted by molar-refractivity contribution is -0.121. The van der Waals surface area contributed by atoms with E-state index in [1.807, 2.05) is 12.1 Å². The van der Waals surface area contributed by atoms with Gasteiger partial charge in [-0.1, -0.05) is 48.5 Å². The Balaban J connectivity index is 1.77. The van der Waals surface area contributed by atoms with Crippen LogP contribution in [-0.2, 0) is 11.2 Å². The number of amides is 1. The number of hydrogen-bond donors (Lipinski definition) is 2. The van der Waals surface area contributed by atoms with Crippen LogP contribution < -0.4 is 10.6 Å². The standard InChI is InChI=1S/C19H22N2O/c22-19-18(12-6-7-13-20-19)21-17-11-5-4-10-16(17)14-15-8-2-1-3-9-15/h1-5,8-11,18,21H,6-7,12-14H2,(H,20,22). The van der Waals surface area contributed by atoms with Gasteiger partial charge < -0.3 is 10.6 Å². The highest BCUT2D eigenvalue weighted by molar-refractivity contribution is 5.85. The molecular weight excluding hydrogens is 272 g/mol. The number of para-hydroxylation sites is 1. The van der Waals surface area contributed by atoms with E-state index in [0.29, 0.717) is 0 Å². The van der Waals surface area contributed by atoms with Crippen molar-refractivity contribution in [2.45, 2.75) is 31.7 Å². The van der Waals surface area contributed by atoms with Gasteiger partial charge in [0.2, 0.25) is 5.91 Å². The third-order valence-electron chi connectivity index (χ3n) is 4.12. The van der Waals surface area contributed by atoms with Gasteiger partial charge in [-0.05, 0) is 42.9 Å². The Labute approximate surface area is 131 Å². The predicted octanol–water partition coefficient (Wildman–Crippen LogP) is 3.36. The summed E-state index contributed by atoms with van der Waals surface area (Å²) < 4.78 is 0. The van der Waals surface area contributed by atoms with Crippen LogP contribution in [0.2, 0.25) is 0 Å². The Hall–Kier alpha value is -2.29. The average Bonchev–Trinajstić information content (AvgIpc) is 2.75. The summed E-state index contributed by atoms with van der Waals surface area (Å²) in [6.07, 6.45) is 3.91. The molecule has 0 aromatic heterocycles. The molecule has 114 valence electrons. The van der Waals surface area contributed by atoms with E-state index < -0.39 is 0 Å². The summed E-state index contributed by atoms with van der Waals surface area (Å²) in [6.45, 7) is 0.794. The van der Waals surface area contributed by atoms with E-state index in [1.54, 1.807) is 0 Å². The molecular formula is C19H22N2O. The second-order valence-corrected chi connectivity index (χ2v) is 5.80. The zero-order chi connectivity index (χ0) is 15.2. The van der Waals surface area contributed by atoms with Gasteiger partial charge in [0.1, 0.15) is 6.04 Å². The number of rotatable bonds is 4. The highest BCUT2D eigenvalue weighted by Crippen LogP contribution is 2.21. The van der Waals surface area contributed by atoms with Crippen molar-refractivity contribution in [3.63, 3.8) is 0 Å². The summed E-state index contributed by atoms with van der Waals surface area (Å²) in [5.41, 5.74) is 3.57. The molecule has 2 aromatic carbocycles. The number of carbonyl (C=O) groups excluding carboxylic acids is 1. The fourth-order valence-electron chi connectivity index (χ4n) is 2.90. The lowest BCUT2D eigenvalue weighted by Crippen LogP contribution is -2.38. The van der Waals surface area contributed by atoms with E-state index in [9.17, 15) is 4.79 Å². The fourth-order valence-corrected chi connectivity index (χ4v) is 2.90. The van der Waals surface area contributed by atoms with Gasteiger partial charge in [0.25, 0.3) is 0 Å². The smallest absolute Gasteiger partial charge is 0.242 e. The minimum absolute atomic E-state index is 0.118. The quantitative estimate of drug-likeness (QED) is 0.908. The van der Waals surface area contributed by atoms with Crippen LogP contribution in [0.3, 0.4) is 0 Å². The van der Waals surface area contributed by atoms with Crippen LogP contribution in [0.4, 0.5) is 5.69 Å². The van der Waals surface area contributed by atoms with Crippen LogP contribution in [-0.4, -0.2) is 18.5 Å². The molecule has 0 bridgehead atoms. The maximum atomic E-state index is 12.1. The Morgan fingerprint density at radius 3 is 2.64 bits per heavy atom. The molecule has 3 nitrogen and oxygen atoms in total. The SMILES string of the molecule is O=C1NCCCCC1Nc1ccccc1Cc1ccccc1. The lowest BCUT2D eigenvalue weighted by atomic mass is 10.0. The molecule has 22 heavy (non-hydrogen) atoms. The van der Waals surface area contributed by atoms with Gasteiger partial charge in [0, 0.05) is 12.2 Å². The van der Waals surface area contributed by atoms with Crippen LogP contribution in [0, 0.1) is 0 Å². The molecule has 0 saturated carbocycles. The van der Waals surface area contributed by atoms with E-state index in [-0.39, 0.29) is 11.9 Å². The molecule has 1 unspecified atom stereocenters. The minimum atomic E-state index is -0.126. The molecule has 1 aliphatic rings. The number of carbonyl (C=O) groups is 1. The molecule has 3 rings (SSSR count). The Morgan fingerprint density at radius 2 is 1.77 bits per heavy atom. The summed E-state index contributed by atoms with van der Waals surface area (Å²) >= 11 is 0. The van der Waals surface area contributed by atoms with Crippen LogP contribution in [0.1, 0.15) is 30.4 Å². The average molecular weight is 294 g/mol. The van der Waals surface area contributed by atoms with Gasteiger partial charge in [-0.15, -0.1) is 0 Å². The zero-order valence-electron chi connectivity index (χ0n) is 12.7. The second-order valence-electron chi connectivity index (χ2n) is 5.80. The number of nitrogens with one attached hydrogen (secondary N) is 2. The van der Waals surface area contributed by atoms with E-state index in [0.717, 1.165) is 37.9 Å². The molecule has 1 fully saturated rings. The largest absolute Gasteiger partial charge is 0.373 e. The molecule has 1 heterocycles. The van der Waals surface area contributed by atoms with Crippen LogP contribution in [0.5, 0.6) is 0 Å². The fraction of sp³-hybridized carbons (Fsp3) is 0.316. The van der Waals surface area contributed by atoms with Gasteiger partial charge in [-0.3, -0.25) is 4.79 Å². The molecule has 3 heteroatoms. The molecule has 0 spiro atoms. The summed E-state index contributed by atoms with van der Waals surface area (Å²) in [4.78, 5) is 12.1. The van der Waals surface area contributed by atoms with Crippen molar-refractivity contribution in [2.24, 2.45) is 0 Å². The first-order chi connectivity index (χ1) is 10.8. The Bertz CT molecular complexity index is 624. The van der Waals surface area contributed by atoms with Gasteiger partial charge >= 0.3 is 0 Å². The molecule has 1 amide bonds. The predicted molar refractivity (Wildman–Crippen MR) is 90.0 cm³/mol. The highest BCUT2D eigenvalue weighted by Gasteiger charge is 2.20. The zero-order valence-corrected chi connectivity index (χ0v) is 12.7. The van der Waals surface area contributed by atoms with Gasteiger partial charge in [0.15, 0.2) is 0 Å². The van der Waals surface area contributed by atoms with E-state index >= 15 is 0 Å². The second kappa shape index (κ2) is 7.12. The maximum Gasteiger partial charge on any atom is 0.242 e. The molecule has 1 saturated heterocycles. The summed E-state index contributed by atoms with van der Waals surface area (Å²) in [7, 11) is 0. The van der Waals surface area contributed by atoms with Crippen LogP contribution in [0.15, 0.2) is 54.6 Å². The van der Waals surface area contributed by atoms with Crippen LogP contribution in [0.25, 0.3) is 0 Å². The van der Waals surface area contributed by atoms with Crippen molar-refractivity contribution in [2.75, 3.05) is 11.9 Å². The third kappa shape index (κ3) is 3.67. The van der Waals surface area contributed by atoms with Crippen molar-refractivity contribution in [3.8, 4) is 0 Å². The third-order valence-corrected chi connectivity index (χ3v) is 4.12. The summed E-state index contributed by atoms with van der Waals surface area (Å²) in [6, 6.07) is 18.6. The first-order valence-electron chi connectivity index (χ1n) is 7.99. The first kappa shape index (κ1) is 14.6. The molecule has 2 aromatic rings. The van der Waals surface area contributed by atoms with E-state index in [1.165, 1.54) is 11.1 Å². The molecule has 0 radical (unpaired) electrons. The monoisotopic (exact) mass is 294 g/mol. The number of hydrogen-bond acceptors (Lipinski definition) is 2. The Morgan fingerprint density at radius 1 is 1.00 bits per heavy atom. The maximum absolute atomic E-state index is 12.1. The summed E-state index contributed by atoms with van der Waals surface area (Å²) in [5.74, 6) is 0.118. The normalized spacial score (nSPS) is 18.4. The van der Waals surface area contributed by atoms with E-state index in [2.05, 4.69) is 53.1 Å².